The molecule has 4 aliphatic carbocycles. The lowest BCUT2D eigenvalue weighted by atomic mass is 9.43. The first-order valence-electron chi connectivity index (χ1n) is 12.6. The summed E-state index contributed by atoms with van der Waals surface area (Å²) in [6.07, 6.45) is 13.3. The first kappa shape index (κ1) is 24.0. The Labute approximate surface area is 199 Å². The van der Waals surface area contributed by atoms with Crippen LogP contribution in [0, 0.1) is 34.0 Å². The predicted octanol–water partition coefficient (Wildman–Crippen LogP) is 7.22. The van der Waals surface area contributed by atoms with Gasteiger partial charge in [0, 0.05) is 11.5 Å². The van der Waals surface area contributed by atoms with Gasteiger partial charge in [-0.3, -0.25) is 9.59 Å². The van der Waals surface area contributed by atoms with E-state index in [4.69, 9.17) is 0 Å². The molecular formula is C30H40O3. The highest BCUT2D eigenvalue weighted by molar-refractivity contribution is 6.17. The lowest BCUT2D eigenvalue weighted by Gasteiger charge is -2.56. The average molecular weight is 449 g/mol. The Morgan fingerprint density at radius 2 is 1.85 bits per heavy atom. The molecule has 0 aromatic carbocycles. The highest BCUT2D eigenvalue weighted by atomic mass is 16.3. The van der Waals surface area contributed by atoms with Gasteiger partial charge < -0.3 is 5.11 Å². The number of carbonyl (C=O) groups is 2. The zero-order valence-corrected chi connectivity index (χ0v) is 21.3. The van der Waals surface area contributed by atoms with Gasteiger partial charge in [0.25, 0.3) is 0 Å². The monoisotopic (exact) mass is 448 g/mol. The second-order valence-corrected chi connectivity index (χ2v) is 12.1. The summed E-state index contributed by atoms with van der Waals surface area (Å²) in [6, 6.07) is 0. The maximum Gasteiger partial charge on any atom is 0.205 e. The molecule has 178 valence electrons. The molecule has 0 heterocycles. The third kappa shape index (κ3) is 3.29. The molecule has 0 aliphatic heterocycles. The summed E-state index contributed by atoms with van der Waals surface area (Å²) < 4.78 is 0. The van der Waals surface area contributed by atoms with E-state index in [1.807, 2.05) is 33.8 Å². The molecule has 4 unspecified atom stereocenters. The van der Waals surface area contributed by atoms with E-state index in [-0.39, 0.29) is 34.6 Å². The summed E-state index contributed by atoms with van der Waals surface area (Å²) in [4.78, 5) is 28.8. The van der Waals surface area contributed by atoms with Crippen molar-refractivity contribution in [3.63, 3.8) is 0 Å². The van der Waals surface area contributed by atoms with E-state index in [1.165, 1.54) is 5.57 Å². The largest absolute Gasteiger partial charge is 0.504 e. The Morgan fingerprint density at radius 1 is 1.15 bits per heavy atom. The van der Waals surface area contributed by atoms with E-state index < -0.39 is 10.8 Å². The topological polar surface area (TPSA) is 54.4 Å². The van der Waals surface area contributed by atoms with Crippen LogP contribution in [-0.4, -0.2) is 16.7 Å². The fourth-order valence-electron chi connectivity index (χ4n) is 7.56. The summed E-state index contributed by atoms with van der Waals surface area (Å²) >= 11 is 0. The summed E-state index contributed by atoms with van der Waals surface area (Å²) in [5, 5.41) is 11.2. The molecule has 1 N–H and O–H groups in total. The standard InChI is InChI=1S/C30H40O3/c1-8-20-15-22(14-18(2)3)30-17-21-10-9-12-28(6,7)23(21)11-13-29(30,16-20)26(32)24(19(4)5)25(31)27(30)33/h8,10,14-15,19,22-23,31H,1,9,11-13,16-17H2,2-7H3. The summed E-state index contributed by atoms with van der Waals surface area (Å²) in [6.45, 7) is 16.6. The maximum absolute atomic E-state index is 14.4. The SMILES string of the molecule is C=CC1=CC(C=C(C)C)C23CC4=CCCC(C)(C)C4CCC2(C1)C(=O)C(C(C)C)=C(O)C3=O. The molecule has 1 fully saturated rings. The van der Waals surface area contributed by atoms with E-state index in [1.54, 1.807) is 0 Å². The second kappa shape index (κ2) is 7.96. The molecule has 4 atom stereocenters. The molecule has 0 amide bonds. The van der Waals surface area contributed by atoms with Gasteiger partial charge in [0.05, 0.1) is 10.8 Å². The lowest BCUT2D eigenvalue weighted by molar-refractivity contribution is -0.155. The Bertz CT molecular complexity index is 1030. The quantitative estimate of drug-likeness (QED) is 0.464. The van der Waals surface area contributed by atoms with Gasteiger partial charge in [0.1, 0.15) is 0 Å². The van der Waals surface area contributed by atoms with Gasteiger partial charge in [-0.15, -0.1) is 0 Å². The van der Waals surface area contributed by atoms with E-state index in [9.17, 15) is 14.7 Å². The number of carbonyl (C=O) groups excluding carboxylic acids is 2. The number of allylic oxidation sites excluding steroid dienone is 9. The molecule has 0 saturated heterocycles. The molecule has 4 aliphatic rings. The molecule has 0 spiro atoms. The molecule has 4 rings (SSSR count). The number of hydrogen-bond donors (Lipinski definition) is 1. The third-order valence-electron chi connectivity index (χ3n) is 9.16. The predicted molar refractivity (Wildman–Crippen MR) is 134 cm³/mol. The highest BCUT2D eigenvalue weighted by Crippen LogP contribution is 2.67. The van der Waals surface area contributed by atoms with E-state index in [2.05, 4.69) is 38.7 Å². The van der Waals surface area contributed by atoms with Gasteiger partial charge in [-0.25, -0.2) is 0 Å². The number of fused-ring (bicyclic) bond motifs is 1. The van der Waals surface area contributed by atoms with Crippen LogP contribution in [0.25, 0.3) is 0 Å². The minimum Gasteiger partial charge on any atom is -0.504 e. The van der Waals surface area contributed by atoms with Crippen LogP contribution >= 0.6 is 0 Å². The number of rotatable bonds is 3. The summed E-state index contributed by atoms with van der Waals surface area (Å²) in [7, 11) is 0. The van der Waals surface area contributed by atoms with Crippen molar-refractivity contribution in [2.75, 3.05) is 0 Å². The molecular weight excluding hydrogens is 408 g/mol. The lowest BCUT2D eigenvalue weighted by Crippen LogP contribution is -2.61. The van der Waals surface area contributed by atoms with Crippen LogP contribution in [0.15, 0.2) is 58.9 Å². The van der Waals surface area contributed by atoms with Crippen LogP contribution < -0.4 is 0 Å². The van der Waals surface area contributed by atoms with Gasteiger partial charge in [0.15, 0.2) is 11.5 Å². The minimum atomic E-state index is -0.982. The number of hydrogen-bond acceptors (Lipinski definition) is 3. The van der Waals surface area contributed by atoms with Crippen molar-refractivity contribution in [1.29, 1.82) is 0 Å². The average Bonchev–Trinajstić information content (AvgIpc) is 2.88. The molecule has 0 bridgehead atoms. The smallest absolute Gasteiger partial charge is 0.205 e. The molecule has 0 aromatic heterocycles. The molecule has 0 radical (unpaired) electrons. The number of ketones is 2. The number of aliphatic hydroxyl groups is 1. The molecule has 3 heteroatoms. The molecule has 33 heavy (non-hydrogen) atoms. The summed E-state index contributed by atoms with van der Waals surface area (Å²) in [5.41, 5.74) is 2.10. The Kier molecular flexibility index (Phi) is 5.78. The second-order valence-electron chi connectivity index (χ2n) is 12.1. The summed E-state index contributed by atoms with van der Waals surface area (Å²) in [5.74, 6) is -0.615. The van der Waals surface area contributed by atoms with Crippen molar-refractivity contribution in [1.82, 2.24) is 0 Å². The van der Waals surface area contributed by atoms with Gasteiger partial charge in [-0.1, -0.05) is 75.3 Å². The number of aliphatic hydroxyl groups excluding tert-OH is 1. The third-order valence-corrected chi connectivity index (χ3v) is 9.16. The van der Waals surface area contributed by atoms with Crippen molar-refractivity contribution in [2.24, 2.45) is 34.0 Å². The van der Waals surface area contributed by atoms with Gasteiger partial charge in [0.2, 0.25) is 5.78 Å². The zero-order valence-electron chi connectivity index (χ0n) is 21.3. The first-order valence-corrected chi connectivity index (χ1v) is 12.6. The van der Waals surface area contributed by atoms with Gasteiger partial charge in [-0.05, 0) is 69.6 Å². The normalized spacial score (nSPS) is 35.6. The van der Waals surface area contributed by atoms with Crippen molar-refractivity contribution in [3.8, 4) is 0 Å². The van der Waals surface area contributed by atoms with Crippen LogP contribution in [-0.2, 0) is 9.59 Å². The minimum absolute atomic E-state index is 0.00809. The maximum atomic E-state index is 14.4. The van der Waals surface area contributed by atoms with Crippen molar-refractivity contribution >= 4 is 11.6 Å². The fourth-order valence-corrected chi connectivity index (χ4v) is 7.56. The highest BCUT2D eigenvalue weighted by Gasteiger charge is 2.69. The Hall–Kier alpha value is -2.16. The van der Waals surface area contributed by atoms with Crippen LogP contribution in [0.4, 0.5) is 0 Å². The fraction of sp³-hybridized carbons (Fsp3) is 0.600. The Morgan fingerprint density at radius 3 is 2.45 bits per heavy atom. The zero-order chi connectivity index (χ0) is 24.3. The van der Waals surface area contributed by atoms with Crippen molar-refractivity contribution in [2.45, 2.75) is 80.1 Å². The van der Waals surface area contributed by atoms with Gasteiger partial charge >= 0.3 is 0 Å². The Balaban J connectivity index is 2.07. The van der Waals surface area contributed by atoms with Crippen LogP contribution in [0.5, 0.6) is 0 Å². The van der Waals surface area contributed by atoms with E-state index in [0.29, 0.717) is 30.8 Å². The van der Waals surface area contributed by atoms with Crippen LogP contribution in [0.1, 0.15) is 80.1 Å². The molecule has 1 saturated carbocycles. The van der Waals surface area contributed by atoms with Gasteiger partial charge in [-0.2, -0.15) is 0 Å². The van der Waals surface area contributed by atoms with Crippen LogP contribution in [0.2, 0.25) is 0 Å². The van der Waals surface area contributed by atoms with Crippen LogP contribution in [0.3, 0.4) is 0 Å². The first-order chi connectivity index (χ1) is 15.4. The molecule has 0 aromatic rings. The van der Waals surface area contributed by atoms with E-state index in [0.717, 1.165) is 30.4 Å². The van der Waals surface area contributed by atoms with E-state index >= 15 is 0 Å². The van der Waals surface area contributed by atoms with Crippen molar-refractivity contribution < 1.29 is 14.7 Å². The number of Topliss-reactive ketones (excluding diaryl/α,β-unsaturated/α-hetero) is 2. The van der Waals surface area contributed by atoms with Crippen molar-refractivity contribution in [3.05, 3.63) is 58.9 Å². The molecule has 3 nitrogen and oxygen atoms in total.